The van der Waals surface area contributed by atoms with Crippen molar-refractivity contribution in [2.75, 3.05) is 0 Å². The summed E-state index contributed by atoms with van der Waals surface area (Å²) < 4.78 is 0. The normalized spacial score (nSPS) is 19.6. The van der Waals surface area contributed by atoms with Crippen LogP contribution in [0.3, 0.4) is 0 Å². The van der Waals surface area contributed by atoms with Crippen LogP contribution in [-0.4, -0.2) is 0 Å². The molecule has 0 heterocycles. The van der Waals surface area contributed by atoms with Gasteiger partial charge < -0.3 is 5.73 Å². The van der Waals surface area contributed by atoms with Crippen molar-refractivity contribution >= 4 is 0 Å². The van der Waals surface area contributed by atoms with Crippen LogP contribution in [0.15, 0.2) is 24.3 Å². The summed E-state index contributed by atoms with van der Waals surface area (Å²) in [6.45, 7) is 2.20. The van der Waals surface area contributed by atoms with Gasteiger partial charge in [-0.15, -0.1) is 0 Å². The van der Waals surface area contributed by atoms with E-state index < -0.39 is 0 Å². The van der Waals surface area contributed by atoms with Crippen LogP contribution < -0.4 is 5.73 Å². The molecule has 2 N–H and O–H groups in total. The van der Waals surface area contributed by atoms with Crippen molar-refractivity contribution in [1.82, 2.24) is 0 Å². The van der Waals surface area contributed by atoms with Gasteiger partial charge in [-0.25, -0.2) is 0 Å². The van der Waals surface area contributed by atoms with Crippen LogP contribution in [0.5, 0.6) is 0 Å². The van der Waals surface area contributed by atoms with Gasteiger partial charge in [-0.2, -0.15) is 0 Å². The number of hydrogen-bond acceptors (Lipinski definition) is 1. The van der Waals surface area contributed by atoms with Crippen LogP contribution >= 0.6 is 0 Å². The topological polar surface area (TPSA) is 26.0 Å². The second-order valence-corrected chi connectivity index (χ2v) is 5.02. The molecule has 0 spiro atoms. The highest BCUT2D eigenvalue weighted by atomic mass is 14.7. The van der Waals surface area contributed by atoms with E-state index in [0.717, 1.165) is 6.42 Å². The van der Waals surface area contributed by atoms with E-state index in [1.54, 1.807) is 0 Å². The number of nitrogens with two attached hydrogens (primary N) is 1. The molecule has 1 heteroatoms. The third-order valence-electron chi connectivity index (χ3n) is 3.90. The first-order valence-corrected chi connectivity index (χ1v) is 6.65. The van der Waals surface area contributed by atoms with Crippen molar-refractivity contribution in [2.24, 2.45) is 11.7 Å². The van der Waals surface area contributed by atoms with Gasteiger partial charge in [-0.1, -0.05) is 50.5 Å². The molecule has 0 amide bonds. The molecule has 0 radical (unpaired) electrons. The molecule has 1 unspecified atom stereocenters. The summed E-state index contributed by atoms with van der Waals surface area (Å²) in [6.07, 6.45) is 7.87. The van der Waals surface area contributed by atoms with Gasteiger partial charge in [-0.05, 0) is 36.3 Å². The SMILES string of the molecule is CCc1cccc(C(N)C2CCCCC2)c1. The van der Waals surface area contributed by atoms with E-state index in [1.165, 1.54) is 43.2 Å². The zero-order valence-electron chi connectivity index (χ0n) is 10.3. The highest BCUT2D eigenvalue weighted by molar-refractivity contribution is 5.26. The maximum atomic E-state index is 6.39. The minimum Gasteiger partial charge on any atom is -0.324 e. The molecule has 1 aromatic carbocycles. The van der Waals surface area contributed by atoms with Gasteiger partial charge in [-0.3, -0.25) is 0 Å². The summed E-state index contributed by atoms with van der Waals surface area (Å²) in [5, 5.41) is 0. The van der Waals surface area contributed by atoms with Crippen molar-refractivity contribution in [1.29, 1.82) is 0 Å². The molecule has 16 heavy (non-hydrogen) atoms. The van der Waals surface area contributed by atoms with E-state index >= 15 is 0 Å². The Bertz CT molecular complexity index is 326. The van der Waals surface area contributed by atoms with E-state index in [9.17, 15) is 0 Å². The Labute approximate surface area is 99.0 Å². The third kappa shape index (κ3) is 2.65. The van der Waals surface area contributed by atoms with Crippen LogP contribution in [0.25, 0.3) is 0 Å². The zero-order chi connectivity index (χ0) is 11.4. The van der Waals surface area contributed by atoms with E-state index in [-0.39, 0.29) is 6.04 Å². The number of hydrogen-bond donors (Lipinski definition) is 1. The van der Waals surface area contributed by atoms with Crippen LogP contribution in [0, 0.1) is 5.92 Å². The Hall–Kier alpha value is -0.820. The molecular formula is C15H23N. The van der Waals surface area contributed by atoms with Crippen LogP contribution in [0.1, 0.15) is 56.2 Å². The molecule has 1 atom stereocenters. The summed E-state index contributed by atoms with van der Waals surface area (Å²) in [5.41, 5.74) is 9.14. The monoisotopic (exact) mass is 217 g/mol. The fraction of sp³-hybridized carbons (Fsp3) is 0.600. The van der Waals surface area contributed by atoms with Gasteiger partial charge >= 0.3 is 0 Å². The second kappa shape index (κ2) is 5.49. The van der Waals surface area contributed by atoms with Gasteiger partial charge in [0.2, 0.25) is 0 Å². The van der Waals surface area contributed by atoms with Crippen molar-refractivity contribution in [3.05, 3.63) is 35.4 Å². The largest absolute Gasteiger partial charge is 0.324 e. The summed E-state index contributed by atoms with van der Waals surface area (Å²) in [4.78, 5) is 0. The molecule has 1 aliphatic rings. The molecule has 1 fully saturated rings. The molecule has 1 nitrogen and oxygen atoms in total. The smallest absolute Gasteiger partial charge is 0.0323 e. The molecule has 88 valence electrons. The first-order chi connectivity index (χ1) is 7.81. The lowest BCUT2D eigenvalue weighted by atomic mass is 9.81. The van der Waals surface area contributed by atoms with Crippen molar-refractivity contribution in [3.8, 4) is 0 Å². The van der Waals surface area contributed by atoms with E-state index in [4.69, 9.17) is 5.73 Å². The lowest BCUT2D eigenvalue weighted by Crippen LogP contribution is -2.23. The molecule has 1 aliphatic carbocycles. The van der Waals surface area contributed by atoms with Crippen molar-refractivity contribution in [3.63, 3.8) is 0 Å². The Morgan fingerprint density at radius 1 is 1.25 bits per heavy atom. The van der Waals surface area contributed by atoms with E-state index in [2.05, 4.69) is 31.2 Å². The zero-order valence-corrected chi connectivity index (χ0v) is 10.3. The van der Waals surface area contributed by atoms with Crippen molar-refractivity contribution < 1.29 is 0 Å². The molecule has 0 bridgehead atoms. The molecule has 2 rings (SSSR count). The van der Waals surface area contributed by atoms with Gasteiger partial charge in [0.1, 0.15) is 0 Å². The molecule has 1 saturated carbocycles. The summed E-state index contributed by atoms with van der Waals surface area (Å²) in [7, 11) is 0. The summed E-state index contributed by atoms with van der Waals surface area (Å²) in [6, 6.07) is 9.08. The first-order valence-electron chi connectivity index (χ1n) is 6.65. The molecule has 0 saturated heterocycles. The lowest BCUT2D eigenvalue weighted by Gasteiger charge is -2.28. The Morgan fingerprint density at radius 3 is 2.69 bits per heavy atom. The number of aryl methyl sites for hydroxylation is 1. The van der Waals surface area contributed by atoms with Gasteiger partial charge in [0.05, 0.1) is 0 Å². The molecular weight excluding hydrogens is 194 g/mol. The Balaban J connectivity index is 2.09. The van der Waals surface area contributed by atoms with Gasteiger partial charge in [0, 0.05) is 6.04 Å². The predicted octanol–water partition coefficient (Wildman–Crippen LogP) is 3.83. The third-order valence-corrected chi connectivity index (χ3v) is 3.90. The van der Waals surface area contributed by atoms with Crippen LogP contribution in [0.4, 0.5) is 0 Å². The van der Waals surface area contributed by atoms with E-state index in [0.29, 0.717) is 5.92 Å². The van der Waals surface area contributed by atoms with Crippen LogP contribution in [0.2, 0.25) is 0 Å². The molecule has 1 aromatic rings. The number of benzene rings is 1. The summed E-state index contributed by atoms with van der Waals surface area (Å²) >= 11 is 0. The molecule has 0 aliphatic heterocycles. The summed E-state index contributed by atoms with van der Waals surface area (Å²) in [5.74, 6) is 0.709. The Morgan fingerprint density at radius 2 is 2.00 bits per heavy atom. The maximum Gasteiger partial charge on any atom is 0.0323 e. The number of rotatable bonds is 3. The minimum absolute atomic E-state index is 0.256. The van der Waals surface area contributed by atoms with Gasteiger partial charge in [0.15, 0.2) is 0 Å². The highest BCUT2D eigenvalue weighted by Gasteiger charge is 2.21. The fourth-order valence-electron chi connectivity index (χ4n) is 2.79. The minimum atomic E-state index is 0.256. The predicted molar refractivity (Wildman–Crippen MR) is 69.3 cm³/mol. The highest BCUT2D eigenvalue weighted by Crippen LogP contribution is 2.33. The lowest BCUT2D eigenvalue weighted by molar-refractivity contribution is 0.308. The van der Waals surface area contributed by atoms with Crippen molar-refractivity contribution in [2.45, 2.75) is 51.5 Å². The average molecular weight is 217 g/mol. The van der Waals surface area contributed by atoms with Crippen LogP contribution in [-0.2, 0) is 6.42 Å². The fourth-order valence-corrected chi connectivity index (χ4v) is 2.79. The second-order valence-electron chi connectivity index (χ2n) is 5.02. The van der Waals surface area contributed by atoms with E-state index in [1.807, 2.05) is 0 Å². The van der Waals surface area contributed by atoms with Gasteiger partial charge in [0.25, 0.3) is 0 Å². The Kier molecular flexibility index (Phi) is 4.00. The first kappa shape index (κ1) is 11.7. The quantitative estimate of drug-likeness (QED) is 0.818. The standard InChI is InChI=1S/C15H23N/c1-2-12-7-6-10-14(11-12)15(16)13-8-4-3-5-9-13/h6-7,10-11,13,15H,2-5,8-9,16H2,1H3. The molecule has 0 aromatic heterocycles. The maximum absolute atomic E-state index is 6.39. The average Bonchev–Trinajstić information content (AvgIpc) is 2.39.